The molecule has 3 aromatic carbocycles. The average Bonchev–Trinajstić information content (AvgIpc) is 3.14. The molecule has 0 aliphatic carbocycles. The number of carbonyl (C=O) groups excluding carboxylic acids is 1. The topological polar surface area (TPSA) is 57.1 Å². The van der Waals surface area contributed by atoms with Crippen molar-refractivity contribution >= 4 is 17.9 Å². The van der Waals surface area contributed by atoms with Crippen LogP contribution in [0.3, 0.4) is 0 Å². The van der Waals surface area contributed by atoms with Crippen LogP contribution in [0.15, 0.2) is 83.5 Å². The summed E-state index contributed by atoms with van der Waals surface area (Å²) < 4.78 is 16.3. The second kappa shape index (κ2) is 8.66. The monoisotopic (exact) mass is 399 g/mol. The third kappa shape index (κ3) is 4.41. The second-order valence-electron chi connectivity index (χ2n) is 6.85. The summed E-state index contributed by atoms with van der Waals surface area (Å²) in [6.45, 7) is 2.57. The Labute approximate surface area is 175 Å². The molecule has 0 radical (unpaired) electrons. The molecule has 0 fully saturated rings. The molecule has 5 heteroatoms. The first-order valence-corrected chi connectivity index (χ1v) is 9.57. The van der Waals surface area contributed by atoms with Gasteiger partial charge in [-0.2, -0.15) is 0 Å². The summed E-state index contributed by atoms with van der Waals surface area (Å²) in [5, 5.41) is 0. The molecule has 0 saturated carbocycles. The van der Waals surface area contributed by atoms with E-state index in [4.69, 9.17) is 14.2 Å². The number of rotatable bonds is 6. The van der Waals surface area contributed by atoms with Crippen molar-refractivity contribution in [2.45, 2.75) is 13.5 Å². The molecule has 1 aliphatic heterocycles. The van der Waals surface area contributed by atoms with Crippen molar-refractivity contribution < 1.29 is 19.0 Å². The lowest BCUT2D eigenvalue weighted by atomic mass is 10.1. The molecule has 0 aromatic heterocycles. The van der Waals surface area contributed by atoms with E-state index in [0.29, 0.717) is 12.2 Å². The van der Waals surface area contributed by atoms with Crippen molar-refractivity contribution in [1.82, 2.24) is 0 Å². The number of ether oxygens (including phenoxy) is 3. The summed E-state index contributed by atoms with van der Waals surface area (Å²) in [7, 11) is 1.60. The highest BCUT2D eigenvalue weighted by atomic mass is 16.6. The summed E-state index contributed by atoms with van der Waals surface area (Å²) in [4.78, 5) is 16.5. The van der Waals surface area contributed by atoms with Gasteiger partial charge in [-0.05, 0) is 66.1 Å². The van der Waals surface area contributed by atoms with Gasteiger partial charge < -0.3 is 14.2 Å². The standard InChI is InChI=1S/C25H21NO4/c1-17-5-3-4-6-20(17)16-29-22-11-7-18(8-12-22)15-23-25(27)30-24(26-23)19-9-13-21(28-2)14-10-19/h3-15H,16H2,1-2H3/b23-15+. The fourth-order valence-electron chi connectivity index (χ4n) is 3.02. The van der Waals surface area contributed by atoms with Gasteiger partial charge in [0.25, 0.3) is 0 Å². The molecule has 0 amide bonds. The highest BCUT2D eigenvalue weighted by molar-refractivity contribution is 6.12. The van der Waals surface area contributed by atoms with Crippen LogP contribution in [0.2, 0.25) is 0 Å². The largest absolute Gasteiger partial charge is 0.497 e. The van der Waals surface area contributed by atoms with Crippen LogP contribution < -0.4 is 9.47 Å². The van der Waals surface area contributed by atoms with Gasteiger partial charge in [-0.25, -0.2) is 9.79 Å². The first-order valence-electron chi connectivity index (χ1n) is 9.57. The Morgan fingerprint density at radius 3 is 2.33 bits per heavy atom. The summed E-state index contributed by atoms with van der Waals surface area (Å²) in [5.74, 6) is 1.30. The zero-order valence-corrected chi connectivity index (χ0v) is 16.8. The normalized spacial score (nSPS) is 14.4. The van der Waals surface area contributed by atoms with Gasteiger partial charge in [0.15, 0.2) is 5.70 Å². The van der Waals surface area contributed by atoms with E-state index in [2.05, 4.69) is 24.0 Å². The van der Waals surface area contributed by atoms with Crippen LogP contribution in [0.25, 0.3) is 6.08 Å². The minimum Gasteiger partial charge on any atom is -0.497 e. The number of cyclic esters (lactones) is 1. The number of esters is 1. The number of aliphatic imine (C=N–C) groups is 1. The molecular weight excluding hydrogens is 378 g/mol. The van der Waals surface area contributed by atoms with Crippen LogP contribution in [0.4, 0.5) is 0 Å². The maximum absolute atomic E-state index is 12.2. The van der Waals surface area contributed by atoms with Gasteiger partial charge >= 0.3 is 5.97 Å². The Balaban J connectivity index is 1.45. The molecule has 4 rings (SSSR count). The van der Waals surface area contributed by atoms with Gasteiger partial charge in [-0.15, -0.1) is 0 Å². The van der Waals surface area contributed by atoms with Gasteiger partial charge in [0.05, 0.1) is 7.11 Å². The van der Waals surface area contributed by atoms with Crippen LogP contribution in [0.5, 0.6) is 11.5 Å². The quantitative estimate of drug-likeness (QED) is 0.436. The maximum atomic E-state index is 12.2. The van der Waals surface area contributed by atoms with Gasteiger partial charge in [0.1, 0.15) is 18.1 Å². The predicted molar refractivity (Wildman–Crippen MR) is 116 cm³/mol. The summed E-state index contributed by atoms with van der Waals surface area (Å²) in [5.41, 5.74) is 4.16. The molecule has 0 atom stereocenters. The SMILES string of the molecule is COc1ccc(C2=N/C(=C/c3ccc(OCc4ccccc4C)cc3)C(=O)O2)cc1. The summed E-state index contributed by atoms with van der Waals surface area (Å²) in [6.07, 6.45) is 1.70. The van der Waals surface area contributed by atoms with E-state index in [-0.39, 0.29) is 11.6 Å². The summed E-state index contributed by atoms with van der Waals surface area (Å²) >= 11 is 0. The molecule has 1 heterocycles. The van der Waals surface area contributed by atoms with Crippen molar-refractivity contribution in [2.24, 2.45) is 4.99 Å². The molecular formula is C25H21NO4. The van der Waals surface area contributed by atoms with E-state index >= 15 is 0 Å². The number of carbonyl (C=O) groups is 1. The van der Waals surface area contributed by atoms with Crippen LogP contribution in [0.1, 0.15) is 22.3 Å². The lowest BCUT2D eigenvalue weighted by Gasteiger charge is -2.08. The zero-order chi connectivity index (χ0) is 20.9. The predicted octanol–water partition coefficient (Wildman–Crippen LogP) is 4.93. The smallest absolute Gasteiger partial charge is 0.363 e. The van der Waals surface area contributed by atoms with E-state index < -0.39 is 5.97 Å². The molecule has 150 valence electrons. The van der Waals surface area contributed by atoms with Crippen molar-refractivity contribution in [3.63, 3.8) is 0 Å². The number of hydrogen-bond donors (Lipinski definition) is 0. The first kappa shape index (κ1) is 19.5. The fraction of sp³-hybridized carbons (Fsp3) is 0.120. The Morgan fingerprint density at radius 1 is 0.933 bits per heavy atom. The van der Waals surface area contributed by atoms with E-state index in [9.17, 15) is 4.79 Å². The van der Waals surface area contributed by atoms with E-state index in [1.54, 1.807) is 37.5 Å². The maximum Gasteiger partial charge on any atom is 0.363 e. The lowest BCUT2D eigenvalue weighted by Crippen LogP contribution is -2.05. The van der Waals surface area contributed by atoms with Crippen molar-refractivity contribution in [3.05, 3.63) is 101 Å². The second-order valence-corrected chi connectivity index (χ2v) is 6.85. The van der Waals surface area contributed by atoms with Gasteiger partial charge in [-0.1, -0.05) is 36.4 Å². The number of benzene rings is 3. The van der Waals surface area contributed by atoms with Gasteiger partial charge in [0, 0.05) is 5.56 Å². The third-order valence-corrected chi connectivity index (χ3v) is 4.80. The van der Waals surface area contributed by atoms with E-state index in [1.807, 2.05) is 36.4 Å². The van der Waals surface area contributed by atoms with E-state index in [1.165, 1.54) is 5.56 Å². The molecule has 3 aromatic rings. The number of methoxy groups -OCH3 is 1. The molecule has 0 unspecified atom stereocenters. The van der Waals surface area contributed by atoms with Crippen LogP contribution in [0, 0.1) is 6.92 Å². The number of nitrogens with zero attached hydrogens (tertiary/aromatic N) is 1. The van der Waals surface area contributed by atoms with Crippen LogP contribution in [-0.4, -0.2) is 19.0 Å². The average molecular weight is 399 g/mol. The fourth-order valence-corrected chi connectivity index (χ4v) is 3.02. The Kier molecular flexibility index (Phi) is 5.61. The van der Waals surface area contributed by atoms with Crippen LogP contribution >= 0.6 is 0 Å². The minimum absolute atomic E-state index is 0.259. The minimum atomic E-state index is -0.472. The van der Waals surface area contributed by atoms with Gasteiger partial charge in [-0.3, -0.25) is 0 Å². The third-order valence-electron chi connectivity index (χ3n) is 4.80. The molecule has 0 saturated heterocycles. The molecule has 1 aliphatic rings. The highest BCUT2D eigenvalue weighted by Crippen LogP contribution is 2.22. The Morgan fingerprint density at radius 2 is 1.63 bits per heavy atom. The Hall–Kier alpha value is -3.86. The Bertz CT molecular complexity index is 1110. The molecule has 0 N–H and O–H groups in total. The number of aryl methyl sites for hydroxylation is 1. The number of hydrogen-bond acceptors (Lipinski definition) is 5. The molecule has 0 spiro atoms. The first-order chi connectivity index (χ1) is 14.6. The van der Waals surface area contributed by atoms with Crippen molar-refractivity contribution in [1.29, 1.82) is 0 Å². The molecule has 0 bridgehead atoms. The molecule has 30 heavy (non-hydrogen) atoms. The van der Waals surface area contributed by atoms with E-state index in [0.717, 1.165) is 22.6 Å². The van der Waals surface area contributed by atoms with Gasteiger partial charge in [0.2, 0.25) is 5.90 Å². The molecule has 5 nitrogen and oxygen atoms in total. The zero-order valence-electron chi connectivity index (χ0n) is 16.8. The highest BCUT2D eigenvalue weighted by Gasteiger charge is 2.24. The van der Waals surface area contributed by atoms with Crippen molar-refractivity contribution in [2.75, 3.05) is 7.11 Å². The van der Waals surface area contributed by atoms with Crippen LogP contribution in [-0.2, 0) is 16.1 Å². The lowest BCUT2D eigenvalue weighted by molar-refractivity contribution is -0.129. The summed E-state index contributed by atoms with van der Waals surface area (Å²) in [6, 6.07) is 22.8. The van der Waals surface area contributed by atoms with Crippen molar-refractivity contribution in [3.8, 4) is 11.5 Å².